The predicted octanol–water partition coefficient (Wildman–Crippen LogP) is 1.68. The highest BCUT2D eigenvalue weighted by molar-refractivity contribution is 7.88. The Morgan fingerprint density at radius 1 is 1.61 bits per heavy atom. The molecular formula is C12H20N2O2S2. The van der Waals surface area contributed by atoms with E-state index in [9.17, 15) is 8.42 Å². The van der Waals surface area contributed by atoms with Crippen molar-refractivity contribution in [2.75, 3.05) is 25.9 Å². The topological polar surface area (TPSA) is 49.4 Å². The molecule has 0 amide bonds. The van der Waals surface area contributed by atoms with Gasteiger partial charge in [0.2, 0.25) is 10.0 Å². The summed E-state index contributed by atoms with van der Waals surface area (Å²) in [5.41, 5.74) is 1.30. The van der Waals surface area contributed by atoms with Crippen molar-refractivity contribution in [2.45, 2.75) is 19.4 Å². The monoisotopic (exact) mass is 288 g/mol. The van der Waals surface area contributed by atoms with E-state index in [1.54, 1.807) is 15.6 Å². The number of sulfonamides is 1. The van der Waals surface area contributed by atoms with Crippen molar-refractivity contribution >= 4 is 21.4 Å². The quantitative estimate of drug-likeness (QED) is 0.897. The first-order valence-corrected chi connectivity index (χ1v) is 8.96. The third-order valence-electron chi connectivity index (χ3n) is 3.47. The molecule has 1 aromatic heterocycles. The van der Waals surface area contributed by atoms with Gasteiger partial charge >= 0.3 is 0 Å². The first kappa shape index (κ1) is 14.0. The lowest BCUT2D eigenvalue weighted by molar-refractivity contribution is 0.433. The summed E-state index contributed by atoms with van der Waals surface area (Å²) < 4.78 is 24.4. The second-order valence-electron chi connectivity index (χ2n) is 4.96. The van der Waals surface area contributed by atoms with E-state index in [2.05, 4.69) is 29.1 Å². The van der Waals surface area contributed by atoms with Crippen molar-refractivity contribution in [2.24, 2.45) is 5.92 Å². The molecule has 0 unspecified atom stereocenters. The fourth-order valence-electron chi connectivity index (χ4n) is 2.25. The second kappa shape index (κ2) is 5.69. The first-order chi connectivity index (χ1) is 8.47. The normalized spacial score (nSPS) is 23.3. The van der Waals surface area contributed by atoms with Gasteiger partial charge in [0.15, 0.2) is 0 Å². The van der Waals surface area contributed by atoms with E-state index in [-0.39, 0.29) is 0 Å². The van der Waals surface area contributed by atoms with Gasteiger partial charge in [-0.3, -0.25) is 0 Å². The fourth-order valence-corrected chi connectivity index (χ4v) is 3.92. The summed E-state index contributed by atoms with van der Waals surface area (Å²) in [5.74, 6) is 0.431. The molecule has 1 fully saturated rings. The molecule has 1 saturated heterocycles. The Morgan fingerprint density at radius 2 is 2.39 bits per heavy atom. The van der Waals surface area contributed by atoms with Crippen LogP contribution in [-0.4, -0.2) is 38.6 Å². The molecule has 0 spiro atoms. The van der Waals surface area contributed by atoms with Crippen LogP contribution in [0.5, 0.6) is 0 Å². The lowest BCUT2D eigenvalue weighted by atomic mass is 10.1. The maximum Gasteiger partial charge on any atom is 0.211 e. The van der Waals surface area contributed by atoms with E-state index < -0.39 is 10.0 Å². The lowest BCUT2D eigenvalue weighted by Crippen LogP contribution is -2.30. The zero-order chi connectivity index (χ0) is 13.2. The van der Waals surface area contributed by atoms with Gasteiger partial charge in [-0.1, -0.05) is 0 Å². The summed E-state index contributed by atoms with van der Waals surface area (Å²) in [5, 5.41) is 7.71. The Bertz CT molecular complexity index is 470. The van der Waals surface area contributed by atoms with E-state index in [0.29, 0.717) is 25.0 Å². The maximum absolute atomic E-state index is 11.4. The highest BCUT2D eigenvalue weighted by Crippen LogP contribution is 2.20. The Kier molecular flexibility index (Phi) is 4.42. The Morgan fingerprint density at radius 3 is 2.94 bits per heavy atom. The van der Waals surface area contributed by atoms with Crippen LogP contribution < -0.4 is 5.32 Å². The molecule has 0 radical (unpaired) electrons. The summed E-state index contributed by atoms with van der Waals surface area (Å²) in [4.78, 5) is 0. The van der Waals surface area contributed by atoms with Gasteiger partial charge < -0.3 is 5.32 Å². The van der Waals surface area contributed by atoms with E-state index in [0.717, 1.165) is 13.0 Å². The average molecular weight is 288 g/mol. The smallest absolute Gasteiger partial charge is 0.211 e. The summed E-state index contributed by atoms with van der Waals surface area (Å²) in [7, 11) is -3.01. The Labute approximate surface area is 113 Å². The molecule has 18 heavy (non-hydrogen) atoms. The Hall–Kier alpha value is -0.430. The second-order valence-corrected chi connectivity index (χ2v) is 7.72. The molecule has 2 heterocycles. The molecule has 0 saturated carbocycles. The predicted molar refractivity (Wildman–Crippen MR) is 75.3 cm³/mol. The molecule has 2 rings (SSSR count). The van der Waals surface area contributed by atoms with E-state index in [1.807, 2.05) is 0 Å². The van der Waals surface area contributed by atoms with Crippen LogP contribution in [0.15, 0.2) is 16.8 Å². The minimum atomic E-state index is -3.01. The molecule has 1 aliphatic heterocycles. The number of nitrogens with one attached hydrogen (secondary N) is 1. The molecule has 2 atom stereocenters. The van der Waals surface area contributed by atoms with Gasteiger partial charge in [0.1, 0.15) is 0 Å². The van der Waals surface area contributed by atoms with E-state index in [4.69, 9.17) is 0 Å². The molecule has 102 valence electrons. The summed E-state index contributed by atoms with van der Waals surface area (Å²) in [6.45, 7) is 4.34. The number of hydrogen-bond donors (Lipinski definition) is 1. The van der Waals surface area contributed by atoms with Crippen molar-refractivity contribution in [3.8, 4) is 0 Å². The van der Waals surface area contributed by atoms with Gasteiger partial charge in [0.05, 0.1) is 6.26 Å². The molecule has 0 aromatic carbocycles. The average Bonchev–Trinajstić information content (AvgIpc) is 2.96. The van der Waals surface area contributed by atoms with Gasteiger partial charge in [0.25, 0.3) is 0 Å². The molecule has 0 bridgehead atoms. The summed E-state index contributed by atoms with van der Waals surface area (Å²) in [6.07, 6.45) is 2.24. The molecule has 0 aliphatic carbocycles. The van der Waals surface area contributed by atoms with Crippen LogP contribution in [0.3, 0.4) is 0 Å². The summed E-state index contributed by atoms with van der Waals surface area (Å²) in [6, 6.07) is 2.46. The van der Waals surface area contributed by atoms with Gasteiger partial charge in [-0.15, -0.1) is 0 Å². The van der Waals surface area contributed by atoms with Crippen LogP contribution in [0, 0.1) is 5.92 Å². The lowest BCUT2D eigenvalue weighted by Gasteiger charge is -2.17. The SMILES string of the molecule is C[C@@H](NC[C@H]1CCN(S(C)(=O)=O)C1)c1ccsc1. The minimum Gasteiger partial charge on any atom is -0.310 e. The fraction of sp³-hybridized carbons (Fsp3) is 0.667. The number of thiophene rings is 1. The standard InChI is InChI=1S/C12H20N2O2S2/c1-10(12-4-6-17-9-12)13-7-11-3-5-14(8-11)18(2,15)16/h4,6,9-11,13H,3,5,7-8H2,1-2H3/t10-,11-/m1/s1. The molecule has 1 N–H and O–H groups in total. The van der Waals surface area contributed by atoms with Crippen LogP contribution in [0.1, 0.15) is 24.9 Å². The third kappa shape index (κ3) is 3.54. The van der Waals surface area contributed by atoms with E-state index in [1.165, 1.54) is 11.8 Å². The minimum absolute atomic E-state index is 0.337. The Balaban J connectivity index is 1.79. The van der Waals surface area contributed by atoms with Gasteiger partial charge in [0, 0.05) is 19.1 Å². The first-order valence-electron chi connectivity index (χ1n) is 6.17. The van der Waals surface area contributed by atoms with Crippen LogP contribution in [0.25, 0.3) is 0 Å². The molecule has 4 nitrogen and oxygen atoms in total. The highest BCUT2D eigenvalue weighted by Gasteiger charge is 2.28. The van der Waals surface area contributed by atoms with Crippen molar-refractivity contribution < 1.29 is 8.42 Å². The maximum atomic E-state index is 11.4. The van der Waals surface area contributed by atoms with Crippen molar-refractivity contribution in [1.29, 1.82) is 0 Å². The number of hydrogen-bond acceptors (Lipinski definition) is 4. The third-order valence-corrected chi connectivity index (χ3v) is 5.44. The van der Waals surface area contributed by atoms with Gasteiger partial charge in [-0.2, -0.15) is 11.3 Å². The zero-order valence-electron chi connectivity index (χ0n) is 10.8. The van der Waals surface area contributed by atoms with E-state index >= 15 is 0 Å². The van der Waals surface area contributed by atoms with Gasteiger partial charge in [-0.05, 0) is 48.2 Å². The zero-order valence-corrected chi connectivity index (χ0v) is 12.4. The molecule has 1 aliphatic rings. The highest BCUT2D eigenvalue weighted by atomic mass is 32.2. The van der Waals surface area contributed by atoms with Crippen LogP contribution in [0.4, 0.5) is 0 Å². The van der Waals surface area contributed by atoms with Crippen LogP contribution >= 0.6 is 11.3 Å². The number of rotatable bonds is 5. The summed E-state index contributed by atoms with van der Waals surface area (Å²) >= 11 is 1.70. The number of nitrogens with zero attached hydrogens (tertiary/aromatic N) is 1. The van der Waals surface area contributed by atoms with Crippen molar-refractivity contribution in [3.05, 3.63) is 22.4 Å². The molecular weight excluding hydrogens is 268 g/mol. The van der Waals surface area contributed by atoms with Crippen molar-refractivity contribution in [3.63, 3.8) is 0 Å². The molecule has 6 heteroatoms. The largest absolute Gasteiger partial charge is 0.310 e. The van der Waals surface area contributed by atoms with Gasteiger partial charge in [-0.25, -0.2) is 12.7 Å². The van der Waals surface area contributed by atoms with Crippen LogP contribution in [0.2, 0.25) is 0 Å². The molecule has 1 aromatic rings. The van der Waals surface area contributed by atoms with Crippen LogP contribution in [-0.2, 0) is 10.0 Å². The van der Waals surface area contributed by atoms with Crippen molar-refractivity contribution in [1.82, 2.24) is 9.62 Å².